The molecule has 0 amide bonds. The molecule has 1 aliphatic rings. The lowest BCUT2D eigenvalue weighted by Crippen LogP contribution is -2.18. The van der Waals surface area contributed by atoms with Crippen molar-refractivity contribution in [3.8, 4) is 10.6 Å². The number of aromatic nitrogens is 1. The van der Waals surface area contributed by atoms with Crippen molar-refractivity contribution >= 4 is 11.3 Å². The minimum Gasteiger partial charge on any atom is -0.321 e. The first-order valence-corrected chi connectivity index (χ1v) is 6.75. The Morgan fingerprint density at radius 3 is 2.59 bits per heavy atom. The summed E-state index contributed by atoms with van der Waals surface area (Å²) in [5.41, 5.74) is 9.81. The van der Waals surface area contributed by atoms with E-state index in [-0.39, 0.29) is 5.54 Å². The summed E-state index contributed by atoms with van der Waals surface area (Å²) in [5, 5.41) is 1.10. The molecule has 2 aromatic rings. The Morgan fingerprint density at radius 2 is 1.94 bits per heavy atom. The Bertz CT molecular complexity index is 567. The zero-order valence-electron chi connectivity index (χ0n) is 10.2. The van der Waals surface area contributed by atoms with Gasteiger partial charge in [0, 0.05) is 10.4 Å². The molecule has 3 heteroatoms. The van der Waals surface area contributed by atoms with Crippen molar-refractivity contribution in [3.63, 3.8) is 0 Å². The summed E-state index contributed by atoms with van der Waals surface area (Å²) in [7, 11) is 0. The Kier molecular flexibility index (Phi) is 2.35. The second-order valence-electron chi connectivity index (χ2n) is 4.90. The molecule has 0 radical (unpaired) electrons. The summed E-state index contributed by atoms with van der Waals surface area (Å²) in [5.74, 6) is 0. The highest BCUT2D eigenvalue weighted by atomic mass is 32.1. The average Bonchev–Trinajstić information content (AvgIpc) is 2.91. The van der Waals surface area contributed by atoms with E-state index in [2.05, 4.69) is 43.1 Å². The largest absolute Gasteiger partial charge is 0.321 e. The molecule has 0 saturated heterocycles. The van der Waals surface area contributed by atoms with Gasteiger partial charge in [0.2, 0.25) is 0 Å². The average molecular weight is 244 g/mol. The summed E-state index contributed by atoms with van der Waals surface area (Å²) in [4.78, 5) is 5.96. The number of hydrogen-bond acceptors (Lipinski definition) is 3. The number of rotatable bonds is 2. The van der Waals surface area contributed by atoms with Crippen LogP contribution in [0.2, 0.25) is 0 Å². The highest BCUT2D eigenvalue weighted by molar-refractivity contribution is 7.15. The molecule has 0 atom stereocenters. The molecular weight excluding hydrogens is 228 g/mol. The number of benzene rings is 1. The summed E-state index contributed by atoms with van der Waals surface area (Å²) in [6.45, 7) is 4.20. The zero-order chi connectivity index (χ0) is 12.0. The van der Waals surface area contributed by atoms with Gasteiger partial charge in [0.25, 0.3) is 0 Å². The molecule has 1 saturated carbocycles. The van der Waals surface area contributed by atoms with Gasteiger partial charge in [0.05, 0.1) is 11.2 Å². The summed E-state index contributed by atoms with van der Waals surface area (Å²) < 4.78 is 0. The fourth-order valence-corrected chi connectivity index (χ4v) is 3.46. The number of nitrogens with zero attached hydrogens (tertiary/aromatic N) is 1. The third-order valence-corrected chi connectivity index (χ3v) is 4.82. The molecule has 0 bridgehead atoms. The van der Waals surface area contributed by atoms with Crippen LogP contribution in [0.25, 0.3) is 10.6 Å². The lowest BCUT2D eigenvalue weighted by molar-refractivity contribution is 0.748. The Balaban J connectivity index is 2.08. The zero-order valence-corrected chi connectivity index (χ0v) is 11.0. The van der Waals surface area contributed by atoms with Crippen LogP contribution >= 0.6 is 11.3 Å². The maximum Gasteiger partial charge on any atom is 0.124 e. The Labute approximate surface area is 106 Å². The SMILES string of the molecule is Cc1ccccc1-c1nc(C)c(C2(N)CC2)s1. The second kappa shape index (κ2) is 3.65. The number of nitrogens with two attached hydrogens (primary N) is 1. The molecule has 17 heavy (non-hydrogen) atoms. The molecule has 0 spiro atoms. The number of hydrogen-bond donors (Lipinski definition) is 1. The first kappa shape index (κ1) is 10.9. The van der Waals surface area contributed by atoms with E-state index in [1.54, 1.807) is 11.3 Å². The van der Waals surface area contributed by atoms with Crippen LogP contribution in [0.15, 0.2) is 24.3 Å². The lowest BCUT2D eigenvalue weighted by atomic mass is 10.1. The molecule has 1 aromatic heterocycles. The van der Waals surface area contributed by atoms with Gasteiger partial charge < -0.3 is 5.73 Å². The van der Waals surface area contributed by atoms with E-state index in [0.717, 1.165) is 23.5 Å². The van der Waals surface area contributed by atoms with Crippen LogP contribution in [0, 0.1) is 13.8 Å². The number of thiazole rings is 1. The van der Waals surface area contributed by atoms with Crippen LogP contribution in [-0.4, -0.2) is 4.98 Å². The van der Waals surface area contributed by atoms with Gasteiger partial charge in [-0.15, -0.1) is 11.3 Å². The van der Waals surface area contributed by atoms with E-state index < -0.39 is 0 Å². The van der Waals surface area contributed by atoms with Crippen LogP contribution in [0.4, 0.5) is 0 Å². The van der Waals surface area contributed by atoms with E-state index in [1.807, 2.05) is 0 Å². The van der Waals surface area contributed by atoms with Gasteiger partial charge in [-0.3, -0.25) is 0 Å². The van der Waals surface area contributed by atoms with Gasteiger partial charge >= 0.3 is 0 Å². The van der Waals surface area contributed by atoms with Gasteiger partial charge in [-0.05, 0) is 32.3 Å². The van der Waals surface area contributed by atoms with Gasteiger partial charge in [-0.1, -0.05) is 24.3 Å². The quantitative estimate of drug-likeness (QED) is 0.879. The highest BCUT2D eigenvalue weighted by Gasteiger charge is 2.43. The van der Waals surface area contributed by atoms with E-state index >= 15 is 0 Å². The van der Waals surface area contributed by atoms with Crippen LogP contribution in [-0.2, 0) is 5.54 Å². The molecule has 1 heterocycles. The predicted octanol–water partition coefficient (Wildman–Crippen LogP) is 3.37. The second-order valence-corrected chi connectivity index (χ2v) is 5.90. The molecule has 2 nitrogen and oxygen atoms in total. The molecule has 2 N–H and O–H groups in total. The van der Waals surface area contributed by atoms with Crippen LogP contribution in [0.1, 0.15) is 29.0 Å². The van der Waals surface area contributed by atoms with E-state index in [1.165, 1.54) is 16.0 Å². The molecule has 88 valence electrons. The summed E-state index contributed by atoms with van der Waals surface area (Å²) in [6.07, 6.45) is 2.20. The van der Waals surface area contributed by atoms with Gasteiger partial charge in [0.1, 0.15) is 5.01 Å². The van der Waals surface area contributed by atoms with Crippen molar-refractivity contribution < 1.29 is 0 Å². The molecular formula is C14H16N2S. The van der Waals surface area contributed by atoms with Crippen LogP contribution in [0.5, 0.6) is 0 Å². The van der Waals surface area contributed by atoms with Crippen LogP contribution < -0.4 is 5.73 Å². The van der Waals surface area contributed by atoms with Crippen molar-refractivity contribution in [1.29, 1.82) is 0 Å². The lowest BCUT2D eigenvalue weighted by Gasteiger charge is -2.04. The molecule has 3 rings (SSSR count). The Hall–Kier alpha value is -1.19. The maximum absolute atomic E-state index is 6.27. The van der Waals surface area contributed by atoms with Gasteiger partial charge in [0.15, 0.2) is 0 Å². The third-order valence-electron chi connectivity index (χ3n) is 3.41. The fourth-order valence-electron chi connectivity index (χ4n) is 2.15. The monoisotopic (exact) mass is 244 g/mol. The van der Waals surface area contributed by atoms with Crippen molar-refractivity contribution in [2.75, 3.05) is 0 Å². The van der Waals surface area contributed by atoms with Crippen molar-refractivity contribution in [2.24, 2.45) is 5.73 Å². The third kappa shape index (κ3) is 1.79. The van der Waals surface area contributed by atoms with E-state index in [9.17, 15) is 0 Å². The first-order chi connectivity index (χ1) is 8.10. The molecule has 1 aliphatic carbocycles. The van der Waals surface area contributed by atoms with Crippen LogP contribution in [0.3, 0.4) is 0 Å². The first-order valence-electron chi connectivity index (χ1n) is 5.93. The minimum absolute atomic E-state index is 0.0668. The standard InChI is InChI=1S/C14H16N2S/c1-9-5-3-4-6-11(9)13-16-10(2)12(17-13)14(15)7-8-14/h3-6H,7-8,15H2,1-2H3. The van der Waals surface area contributed by atoms with Crippen molar-refractivity contribution in [1.82, 2.24) is 4.98 Å². The smallest absolute Gasteiger partial charge is 0.124 e. The normalized spacial score (nSPS) is 17.1. The molecule has 1 aromatic carbocycles. The summed E-state index contributed by atoms with van der Waals surface area (Å²) >= 11 is 1.76. The van der Waals surface area contributed by atoms with Crippen molar-refractivity contribution in [3.05, 3.63) is 40.4 Å². The molecule has 0 aliphatic heterocycles. The van der Waals surface area contributed by atoms with Gasteiger partial charge in [-0.2, -0.15) is 0 Å². The predicted molar refractivity (Wildman–Crippen MR) is 72.1 cm³/mol. The van der Waals surface area contributed by atoms with Crippen molar-refractivity contribution in [2.45, 2.75) is 32.2 Å². The molecule has 1 fully saturated rings. The number of aryl methyl sites for hydroxylation is 2. The minimum atomic E-state index is -0.0668. The maximum atomic E-state index is 6.27. The fraction of sp³-hybridized carbons (Fsp3) is 0.357. The molecule has 0 unspecified atom stereocenters. The highest BCUT2D eigenvalue weighted by Crippen LogP contribution is 2.47. The summed E-state index contributed by atoms with van der Waals surface area (Å²) in [6, 6.07) is 8.38. The van der Waals surface area contributed by atoms with Gasteiger partial charge in [-0.25, -0.2) is 4.98 Å². The van der Waals surface area contributed by atoms with E-state index in [0.29, 0.717) is 0 Å². The van der Waals surface area contributed by atoms with E-state index in [4.69, 9.17) is 5.73 Å². The topological polar surface area (TPSA) is 38.9 Å². The Morgan fingerprint density at radius 1 is 1.24 bits per heavy atom.